The number of imidazole rings is 1. The van der Waals surface area contributed by atoms with Crippen molar-refractivity contribution < 1.29 is 4.74 Å². The molecule has 0 amide bonds. The van der Waals surface area contributed by atoms with E-state index >= 15 is 0 Å². The standard InChI is InChI=1S/C22H42N6O/c1-6-19(7-2)20(27-11-13-29-14-12-27)15-25-22(23-8-3)26-16-21-24-9-10-28(21)17-18(4)5/h9-10,18-20H,6-8,11-17H2,1-5H3,(H2,23,25,26). The fraction of sp³-hybridized carbons (Fsp3) is 0.818. The van der Waals surface area contributed by atoms with Gasteiger partial charge in [0.2, 0.25) is 0 Å². The lowest BCUT2D eigenvalue weighted by Gasteiger charge is -2.39. The van der Waals surface area contributed by atoms with Crippen LogP contribution in [0.1, 0.15) is 53.3 Å². The Morgan fingerprint density at radius 3 is 2.52 bits per heavy atom. The van der Waals surface area contributed by atoms with Crippen LogP contribution in [-0.2, 0) is 17.8 Å². The van der Waals surface area contributed by atoms with Crippen molar-refractivity contribution in [1.82, 2.24) is 25.1 Å². The zero-order valence-electron chi connectivity index (χ0n) is 19.2. The Balaban J connectivity index is 2.03. The second-order valence-corrected chi connectivity index (χ2v) is 8.26. The molecule has 1 aromatic heterocycles. The molecule has 166 valence electrons. The summed E-state index contributed by atoms with van der Waals surface area (Å²) < 4.78 is 7.78. The van der Waals surface area contributed by atoms with Crippen molar-refractivity contribution in [3.63, 3.8) is 0 Å². The summed E-state index contributed by atoms with van der Waals surface area (Å²) in [6.07, 6.45) is 6.31. The monoisotopic (exact) mass is 406 g/mol. The molecule has 7 nitrogen and oxygen atoms in total. The third-order valence-corrected chi connectivity index (χ3v) is 5.67. The van der Waals surface area contributed by atoms with Crippen LogP contribution in [0.15, 0.2) is 17.4 Å². The maximum atomic E-state index is 5.57. The Morgan fingerprint density at radius 2 is 1.90 bits per heavy atom. The first-order valence-electron chi connectivity index (χ1n) is 11.4. The summed E-state index contributed by atoms with van der Waals surface area (Å²) in [6.45, 7) is 18.2. The van der Waals surface area contributed by atoms with Gasteiger partial charge in [0.05, 0.1) is 13.2 Å². The zero-order valence-corrected chi connectivity index (χ0v) is 19.2. The lowest BCUT2D eigenvalue weighted by molar-refractivity contribution is 0.00272. The third kappa shape index (κ3) is 7.63. The minimum absolute atomic E-state index is 0.501. The predicted octanol–water partition coefficient (Wildman–Crippen LogP) is 2.73. The van der Waals surface area contributed by atoms with Gasteiger partial charge in [-0.05, 0) is 18.8 Å². The van der Waals surface area contributed by atoms with Gasteiger partial charge in [0.25, 0.3) is 0 Å². The largest absolute Gasteiger partial charge is 0.379 e. The molecule has 1 aliphatic rings. The fourth-order valence-corrected chi connectivity index (χ4v) is 4.08. The first-order chi connectivity index (χ1) is 14.1. The average molecular weight is 407 g/mol. The van der Waals surface area contributed by atoms with Crippen LogP contribution >= 0.6 is 0 Å². The third-order valence-electron chi connectivity index (χ3n) is 5.67. The highest BCUT2D eigenvalue weighted by atomic mass is 16.5. The topological polar surface area (TPSA) is 66.7 Å². The Morgan fingerprint density at radius 1 is 1.17 bits per heavy atom. The molecule has 1 unspecified atom stereocenters. The number of aliphatic imine (C=N–C) groups is 1. The fourth-order valence-electron chi connectivity index (χ4n) is 4.08. The number of morpholine rings is 1. The molecule has 1 saturated heterocycles. The van der Waals surface area contributed by atoms with Gasteiger partial charge in [0.1, 0.15) is 12.4 Å². The van der Waals surface area contributed by atoms with E-state index in [0.717, 1.165) is 57.7 Å². The minimum Gasteiger partial charge on any atom is -0.379 e. The number of aromatic nitrogens is 2. The molecule has 0 aromatic carbocycles. The normalized spacial score (nSPS) is 17.1. The van der Waals surface area contributed by atoms with Crippen LogP contribution in [0.2, 0.25) is 0 Å². The Kier molecular flexibility index (Phi) is 10.5. The molecule has 0 aliphatic carbocycles. The van der Waals surface area contributed by atoms with E-state index in [1.54, 1.807) is 0 Å². The Hall–Kier alpha value is -1.60. The van der Waals surface area contributed by atoms with Crippen molar-refractivity contribution in [2.24, 2.45) is 16.8 Å². The molecule has 0 bridgehead atoms. The van der Waals surface area contributed by atoms with E-state index in [2.05, 4.69) is 59.7 Å². The van der Waals surface area contributed by atoms with Gasteiger partial charge >= 0.3 is 0 Å². The van der Waals surface area contributed by atoms with Crippen LogP contribution in [0, 0.1) is 11.8 Å². The van der Waals surface area contributed by atoms with Crippen molar-refractivity contribution in [2.45, 2.75) is 66.6 Å². The number of nitrogens with zero attached hydrogens (tertiary/aromatic N) is 4. The first kappa shape index (κ1) is 23.7. The van der Waals surface area contributed by atoms with Gasteiger partial charge in [-0.2, -0.15) is 0 Å². The molecule has 7 heteroatoms. The van der Waals surface area contributed by atoms with E-state index in [-0.39, 0.29) is 0 Å². The average Bonchev–Trinajstić information content (AvgIpc) is 3.16. The smallest absolute Gasteiger partial charge is 0.191 e. The van der Waals surface area contributed by atoms with Gasteiger partial charge in [0, 0.05) is 51.2 Å². The molecule has 0 saturated carbocycles. The molecule has 1 fully saturated rings. The van der Waals surface area contributed by atoms with Crippen LogP contribution in [0.25, 0.3) is 0 Å². The number of ether oxygens (including phenoxy) is 1. The maximum Gasteiger partial charge on any atom is 0.191 e. The zero-order chi connectivity index (χ0) is 21.1. The summed E-state index contributed by atoms with van der Waals surface area (Å²) in [5.41, 5.74) is 0. The van der Waals surface area contributed by atoms with Gasteiger partial charge in [-0.25, -0.2) is 9.98 Å². The number of rotatable bonds is 11. The summed E-state index contributed by atoms with van der Waals surface area (Å²) in [6, 6.07) is 0.501. The van der Waals surface area contributed by atoms with Crippen LogP contribution in [0.3, 0.4) is 0 Å². The van der Waals surface area contributed by atoms with E-state index in [4.69, 9.17) is 9.73 Å². The van der Waals surface area contributed by atoms with Gasteiger partial charge in [-0.3, -0.25) is 4.90 Å². The number of hydrogen-bond donors (Lipinski definition) is 2. The van der Waals surface area contributed by atoms with Crippen LogP contribution in [-0.4, -0.2) is 65.8 Å². The molecular weight excluding hydrogens is 364 g/mol. The highest BCUT2D eigenvalue weighted by molar-refractivity contribution is 5.79. The Bertz CT molecular complexity index is 590. The number of nitrogens with one attached hydrogen (secondary N) is 2. The molecule has 1 aromatic rings. The highest BCUT2D eigenvalue weighted by Crippen LogP contribution is 2.19. The van der Waals surface area contributed by atoms with Crippen LogP contribution in [0.4, 0.5) is 0 Å². The summed E-state index contributed by atoms with van der Waals surface area (Å²) in [7, 11) is 0. The Labute approximate surface area is 177 Å². The van der Waals surface area contributed by atoms with E-state index in [1.807, 2.05) is 12.4 Å². The molecule has 0 radical (unpaired) electrons. The van der Waals surface area contributed by atoms with Crippen molar-refractivity contribution in [1.29, 1.82) is 0 Å². The van der Waals surface area contributed by atoms with Gasteiger partial charge in [0.15, 0.2) is 5.96 Å². The first-order valence-corrected chi connectivity index (χ1v) is 11.4. The molecule has 1 aliphatic heterocycles. The van der Waals surface area contributed by atoms with E-state index < -0.39 is 0 Å². The minimum atomic E-state index is 0.501. The van der Waals surface area contributed by atoms with E-state index in [1.165, 1.54) is 12.8 Å². The molecule has 29 heavy (non-hydrogen) atoms. The van der Waals surface area contributed by atoms with Gasteiger partial charge in [-0.1, -0.05) is 40.5 Å². The molecule has 0 spiro atoms. The van der Waals surface area contributed by atoms with Crippen molar-refractivity contribution in [3.8, 4) is 0 Å². The maximum absolute atomic E-state index is 5.57. The molecule has 2 N–H and O–H groups in total. The summed E-state index contributed by atoms with van der Waals surface area (Å²) in [5, 5.41) is 7.01. The van der Waals surface area contributed by atoms with Crippen molar-refractivity contribution >= 4 is 5.96 Å². The predicted molar refractivity (Wildman–Crippen MR) is 120 cm³/mol. The van der Waals surface area contributed by atoms with Gasteiger partial charge < -0.3 is 19.9 Å². The van der Waals surface area contributed by atoms with Gasteiger partial charge in [-0.15, -0.1) is 0 Å². The highest BCUT2D eigenvalue weighted by Gasteiger charge is 2.27. The SMILES string of the molecule is CCNC(=NCc1nccn1CC(C)C)NCC(C(CC)CC)N1CCOCC1. The summed E-state index contributed by atoms with van der Waals surface area (Å²) in [5.74, 6) is 3.15. The molecule has 2 rings (SSSR count). The van der Waals surface area contributed by atoms with Crippen LogP contribution in [0.5, 0.6) is 0 Å². The quantitative estimate of drug-likeness (QED) is 0.437. The lowest BCUT2D eigenvalue weighted by atomic mass is 9.92. The number of hydrogen-bond acceptors (Lipinski definition) is 4. The second kappa shape index (κ2) is 12.9. The lowest BCUT2D eigenvalue weighted by Crippen LogP contribution is -2.53. The molecular formula is C22H42N6O. The summed E-state index contributed by atoms with van der Waals surface area (Å²) in [4.78, 5) is 11.9. The van der Waals surface area contributed by atoms with Crippen molar-refractivity contribution in [3.05, 3.63) is 18.2 Å². The molecule has 2 heterocycles. The number of guanidine groups is 1. The second-order valence-electron chi connectivity index (χ2n) is 8.26. The van der Waals surface area contributed by atoms with E-state index in [0.29, 0.717) is 24.4 Å². The van der Waals surface area contributed by atoms with Crippen LogP contribution < -0.4 is 10.6 Å². The van der Waals surface area contributed by atoms with Crippen molar-refractivity contribution in [2.75, 3.05) is 39.4 Å². The molecule has 1 atom stereocenters. The van der Waals surface area contributed by atoms with E-state index in [9.17, 15) is 0 Å². The summed E-state index contributed by atoms with van der Waals surface area (Å²) >= 11 is 0.